The average Bonchev–Trinajstić information content (AvgIpc) is 3.18. The molecule has 1 amide bonds. The van der Waals surface area contributed by atoms with Gasteiger partial charge in [-0.05, 0) is 55.5 Å². The quantitative estimate of drug-likeness (QED) is 0.541. The van der Waals surface area contributed by atoms with Gasteiger partial charge in [-0.1, -0.05) is 25.3 Å². The minimum absolute atomic E-state index is 0.0745. The molecule has 0 spiro atoms. The molecular formula is C24H26FN5O2. The Bertz CT molecular complexity index is 1180. The number of nitrogens with zero attached hydrogens (tertiary/aromatic N) is 2. The Hall–Kier alpha value is -3.44. The number of halogens is 1. The number of amides is 1. The van der Waals surface area contributed by atoms with Gasteiger partial charge in [0.05, 0.1) is 17.5 Å². The molecule has 32 heavy (non-hydrogen) atoms. The van der Waals surface area contributed by atoms with E-state index in [0.717, 1.165) is 30.2 Å². The van der Waals surface area contributed by atoms with Crippen molar-refractivity contribution in [1.82, 2.24) is 15.3 Å². The number of fused-ring (bicyclic) bond motifs is 1. The van der Waals surface area contributed by atoms with Crippen molar-refractivity contribution in [1.29, 1.82) is 5.26 Å². The molecule has 1 saturated carbocycles. The van der Waals surface area contributed by atoms with E-state index in [1.165, 1.54) is 12.1 Å². The molecule has 1 aliphatic carbocycles. The first-order valence-electron chi connectivity index (χ1n) is 10.8. The van der Waals surface area contributed by atoms with E-state index in [0.29, 0.717) is 29.8 Å². The summed E-state index contributed by atoms with van der Waals surface area (Å²) in [6, 6.07) is 7.60. The van der Waals surface area contributed by atoms with Crippen molar-refractivity contribution in [2.45, 2.75) is 57.0 Å². The largest absolute Gasteiger partial charge is 0.453 e. The third-order valence-corrected chi connectivity index (χ3v) is 6.02. The van der Waals surface area contributed by atoms with Crippen LogP contribution in [0, 0.1) is 24.1 Å². The van der Waals surface area contributed by atoms with Crippen LogP contribution in [0.1, 0.15) is 43.2 Å². The maximum absolute atomic E-state index is 14.8. The summed E-state index contributed by atoms with van der Waals surface area (Å²) in [5, 5.41) is 13.2. The molecule has 1 aromatic carbocycles. The molecule has 0 radical (unpaired) electrons. The number of rotatable bonds is 6. The van der Waals surface area contributed by atoms with Gasteiger partial charge in [0.1, 0.15) is 16.9 Å². The molecular weight excluding hydrogens is 409 g/mol. The first kappa shape index (κ1) is 21.8. The molecule has 0 saturated heterocycles. The summed E-state index contributed by atoms with van der Waals surface area (Å²) in [6.45, 7) is 1.92. The van der Waals surface area contributed by atoms with E-state index < -0.39 is 23.3 Å². The maximum atomic E-state index is 14.8. The lowest BCUT2D eigenvalue weighted by Crippen LogP contribution is -2.54. The summed E-state index contributed by atoms with van der Waals surface area (Å²) in [5.74, 6) is -0.360. The number of hydrogen-bond acceptors (Lipinski definition) is 5. The van der Waals surface area contributed by atoms with Crippen molar-refractivity contribution in [3.8, 4) is 17.6 Å². The van der Waals surface area contributed by atoms with Crippen LogP contribution in [0.4, 0.5) is 4.39 Å². The van der Waals surface area contributed by atoms with Gasteiger partial charge < -0.3 is 20.8 Å². The second kappa shape index (κ2) is 8.97. The smallest absolute Gasteiger partial charge is 0.238 e. The van der Waals surface area contributed by atoms with E-state index in [4.69, 9.17) is 10.5 Å². The Morgan fingerprint density at radius 2 is 2.12 bits per heavy atom. The van der Waals surface area contributed by atoms with Crippen molar-refractivity contribution < 1.29 is 13.9 Å². The molecule has 3 aromatic rings. The number of carbonyl (C=O) groups is 1. The fraction of sp³-hybridized carbons (Fsp3) is 0.375. The van der Waals surface area contributed by atoms with Crippen LogP contribution in [-0.2, 0) is 11.2 Å². The molecule has 166 valence electrons. The van der Waals surface area contributed by atoms with Crippen molar-refractivity contribution >= 4 is 16.9 Å². The number of carbonyl (C=O) groups excluding carboxylic acids is 1. The van der Waals surface area contributed by atoms with Crippen molar-refractivity contribution in [2.75, 3.05) is 0 Å². The van der Waals surface area contributed by atoms with Gasteiger partial charge in [-0.3, -0.25) is 4.79 Å². The summed E-state index contributed by atoms with van der Waals surface area (Å²) in [6.07, 6.45) is 7.70. The maximum Gasteiger partial charge on any atom is 0.238 e. The number of hydrogen-bond donors (Lipinski definition) is 3. The van der Waals surface area contributed by atoms with Gasteiger partial charge in [0, 0.05) is 12.4 Å². The van der Waals surface area contributed by atoms with Crippen LogP contribution in [0.3, 0.4) is 0 Å². The second-order valence-electron chi connectivity index (χ2n) is 8.43. The lowest BCUT2D eigenvalue weighted by molar-refractivity contribution is -0.124. The SMILES string of the molecule is Cc1c[nH]c2nccc(Oc3ccc(C[C@H](N)C(=O)NC4(C#N)CCCCC4)cc3F)c12. The summed E-state index contributed by atoms with van der Waals surface area (Å²) >= 11 is 0. The molecule has 8 heteroatoms. The molecule has 4 N–H and O–H groups in total. The topological polar surface area (TPSA) is 117 Å². The number of nitrogens with one attached hydrogen (secondary N) is 2. The highest BCUT2D eigenvalue weighted by Gasteiger charge is 2.34. The van der Waals surface area contributed by atoms with Crippen molar-refractivity contribution in [3.05, 3.63) is 53.6 Å². The van der Waals surface area contributed by atoms with Crippen LogP contribution in [-0.4, -0.2) is 27.5 Å². The number of ether oxygens (including phenoxy) is 1. The highest BCUT2D eigenvalue weighted by molar-refractivity contribution is 5.86. The lowest BCUT2D eigenvalue weighted by Gasteiger charge is -2.32. The number of aromatic nitrogens is 2. The highest BCUT2D eigenvalue weighted by atomic mass is 19.1. The van der Waals surface area contributed by atoms with E-state index in [1.807, 2.05) is 13.1 Å². The number of aryl methyl sites for hydroxylation is 1. The Morgan fingerprint density at radius 1 is 1.34 bits per heavy atom. The Balaban J connectivity index is 1.44. The van der Waals surface area contributed by atoms with Gasteiger partial charge in [-0.2, -0.15) is 5.26 Å². The molecule has 1 aliphatic rings. The number of H-pyrrole nitrogens is 1. The molecule has 1 fully saturated rings. The van der Waals surface area contributed by atoms with Gasteiger partial charge in [0.15, 0.2) is 11.6 Å². The van der Waals surface area contributed by atoms with Crippen LogP contribution in [0.5, 0.6) is 11.5 Å². The first-order valence-corrected chi connectivity index (χ1v) is 10.8. The van der Waals surface area contributed by atoms with E-state index in [2.05, 4.69) is 21.4 Å². The van der Waals surface area contributed by atoms with Crippen LogP contribution in [0.15, 0.2) is 36.7 Å². The van der Waals surface area contributed by atoms with Gasteiger partial charge in [0.25, 0.3) is 0 Å². The predicted octanol–water partition coefficient (Wildman–Crippen LogP) is 4.02. The first-order chi connectivity index (χ1) is 15.4. The number of nitriles is 1. The molecule has 0 bridgehead atoms. The number of pyridine rings is 1. The Labute approximate surface area is 185 Å². The summed E-state index contributed by atoms with van der Waals surface area (Å²) in [4.78, 5) is 19.9. The fourth-order valence-electron chi connectivity index (χ4n) is 4.24. The predicted molar refractivity (Wildman–Crippen MR) is 119 cm³/mol. The Morgan fingerprint density at radius 3 is 2.84 bits per heavy atom. The molecule has 0 unspecified atom stereocenters. The molecule has 2 aromatic heterocycles. The average molecular weight is 436 g/mol. The lowest BCUT2D eigenvalue weighted by atomic mass is 9.82. The van der Waals surface area contributed by atoms with Gasteiger partial charge in [-0.25, -0.2) is 9.37 Å². The van der Waals surface area contributed by atoms with Gasteiger partial charge in [0.2, 0.25) is 5.91 Å². The van der Waals surface area contributed by atoms with E-state index in [-0.39, 0.29) is 12.2 Å². The third kappa shape index (κ3) is 4.43. The van der Waals surface area contributed by atoms with Gasteiger partial charge >= 0.3 is 0 Å². The standard InChI is InChI=1S/C24H26FN5O2/c1-15-13-29-22-21(15)20(7-10-28-22)32-19-6-5-16(11-17(19)25)12-18(27)23(31)30-24(14-26)8-3-2-4-9-24/h5-7,10-11,13,18H,2-4,8-9,12,27H2,1H3,(H,28,29)(H,30,31)/t18-/m0/s1. The monoisotopic (exact) mass is 435 g/mol. The minimum Gasteiger partial charge on any atom is -0.453 e. The fourth-order valence-corrected chi connectivity index (χ4v) is 4.24. The van der Waals surface area contributed by atoms with Crippen molar-refractivity contribution in [2.24, 2.45) is 5.73 Å². The zero-order valence-corrected chi connectivity index (χ0v) is 18.0. The summed E-state index contributed by atoms with van der Waals surface area (Å²) < 4.78 is 20.6. The third-order valence-electron chi connectivity index (χ3n) is 6.02. The van der Waals surface area contributed by atoms with Crippen LogP contribution < -0.4 is 15.8 Å². The molecule has 1 atom stereocenters. The number of benzene rings is 1. The molecule has 0 aliphatic heterocycles. The van der Waals surface area contributed by atoms with Crippen molar-refractivity contribution in [3.63, 3.8) is 0 Å². The van der Waals surface area contributed by atoms with Crippen LogP contribution >= 0.6 is 0 Å². The van der Waals surface area contributed by atoms with Crippen LogP contribution in [0.25, 0.3) is 11.0 Å². The molecule has 4 rings (SSSR count). The van der Waals surface area contributed by atoms with E-state index >= 15 is 0 Å². The zero-order valence-electron chi connectivity index (χ0n) is 18.0. The number of nitrogens with two attached hydrogens (primary N) is 1. The molecule has 2 heterocycles. The highest BCUT2D eigenvalue weighted by Crippen LogP contribution is 2.32. The second-order valence-corrected chi connectivity index (χ2v) is 8.43. The minimum atomic E-state index is -0.879. The summed E-state index contributed by atoms with van der Waals surface area (Å²) in [7, 11) is 0. The van der Waals surface area contributed by atoms with Gasteiger partial charge in [-0.15, -0.1) is 0 Å². The normalized spacial score (nSPS) is 16.3. The van der Waals surface area contributed by atoms with Crippen LogP contribution in [0.2, 0.25) is 0 Å². The summed E-state index contributed by atoms with van der Waals surface area (Å²) in [5.41, 5.74) is 7.42. The zero-order chi connectivity index (χ0) is 22.7. The number of aromatic amines is 1. The van der Waals surface area contributed by atoms with E-state index in [1.54, 1.807) is 18.3 Å². The Kier molecular flexibility index (Phi) is 6.10. The molecule has 7 nitrogen and oxygen atoms in total. The van der Waals surface area contributed by atoms with E-state index in [9.17, 15) is 14.4 Å².